The van der Waals surface area contributed by atoms with Gasteiger partial charge >= 0.3 is 0 Å². The minimum Gasteiger partial charge on any atom is -0.260 e. The van der Waals surface area contributed by atoms with Crippen LogP contribution in [0.4, 0.5) is 0 Å². The van der Waals surface area contributed by atoms with Crippen molar-refractivity contribution >= 4 is 20.9 Å². The Morgan fingerprint density at radius 1 is 0.711 bits per heavy atom. The summed E-state index contributed by atoms with van der Waals surface area (Å²) in [7, 11) is -3.24. The van der Waals surface area contributed by atoms with Gasteiger partial charge in [0, 0.05) is 47.6 Å². The van der Waals surface area contributed by atoms with E-state index in [1.807, 2.05) is 30.5 Å². The Kier molecular flexibility index (Phi) is 7.04. The van der Waals surface area contributed by atoms with Crippen molar-refractivity contribution in [3.05, 3.63) is 102 Å². The number of aromatic nitrogens is 4. The van der Waals surface area contributed by atoms with Crippen LogP contribution in [-0.4, -0.2) is 34.6 Å². The van der Waals surface area contributed by atoms with E-state index in [9.17, 15) is 8.42 Å². The summed E-state index contributed by atoms with van der Waals surface area (Å²) in [6, 6.07) is 21.4. The molecule has 0 saturated carbocycles. The number of rotatable bonds is 7. The van der Waals surface area contributed by atoms with Crippen LogP contribution in [0.1, 0.15) is 49.7 Å². The number of pyridine rings is 2. The van der Waals surface area contributed by atoms with Crippen molar-refractivity contribution < 1.29 is 8.42 Å². The van der Waals surface area contributed by atoms with Crippen molar-refractivity contribution in [3.8, 4) is 22.3 Å². The van der Waals surface area contributed by atoms with Crippen LogP contribution in [0.25, 0.3) is 33.3 Å². The first-order valence-corrected chi connectivity index (χ1v) is 14.6. The quantitative estimate of drug-likeness (QED) is 0.239. The van der Waals surface area contributed by atoms with Crippen LogP contribution < -0.4 is 0 Å². The largest absolute Gasteiger partial charge is 0.260 e. The molecule has 38 heavy (non-hydrogen) atoms. The third kappa shape index (κ3) is 5.34. The molecule has 0 aliphatic carbocycles. The van der Waals surface area contributed by atoms with E-state index in [0.717, 1.165) is 56.8 Å². The van der Waals surface area contributed by atoms with Gasteiger partial charge in [-0.25, -0.2) is 8.42 Å². The number of hydrogen-bond acceptors (Lipinski definition) is 6. The molecule has 1 unspecified atom stereocenters. The highest BCUT2D eigenvalue weighted by Crippen LogP contribution is 2.33. The van der Waals surface area contributed by atoms with E-state index >= 15 is 0 Å². The smallest absolute Gasteiger partial charge is 0.175 e. The summed E-state index contributed by atoms with van der Waals surface area (Å²) in [6.45, 7) is 6.44. The maximum atomic E-state index is 11.9. The first-order chi connectivity index (χ1) is 18.2. The molecule has 0 bridgehead atoms. The standard InChI is InChI=1S/C31H30N4O2S/c1-20(2)30-27(22-7-11-25(12-8-22)38(4,36)37)13-10-24(35-30)18-21(3)31-26(6-5-15-34-31)23-9-14-28-29(19-23)33-17-16-32-28/h5-17,19-21H,18H2,1-4H3. The molecule has 6 nitrogen and oxygen atoms in total. The molecule has 5 rings (SSSR count). The second-order valence-corrected chi connectivity index (χ2v) is 12.0. The summed E-state index contributed by atoms with van der Waals surface area (Å²) < 4.78 is 23.7. The van der Waals surface area contributed by atoms with Gasteiger partial charge in [-0.3, -0.25) is 19.9 Å². The summed E-state index contributed by atoms with van der Waals surface area (Å²) in [6.07, 6.45) is 7.21. The van der Waals surface area contributed by atoms with E-state index in [4.69, 9.17) is 9.97 Å². The van der Waals surface area contributed by atoms with Crippen molar-refractivity contribution in [2.24, 2.45) is 0 Å². The van der Waals surface area contributed by atoms with Crippen LogP contribution in [0.3, 0.4) is 0 Å². The number of benzene rings is 2. The van der Waals surface area contributed by atoms with E-state index in [0.29, 0.717) is 4.90 Å². The molecule has 0 N–H and O–H groups in total. The first-order valence-electron chi connectivity index (χ1n) is 12.7. The fourth-order valence-corrected chi connectivity index (χ4v) is 5.42. The van der Waals surface area contributed by atoms with E-state index in [-0.39, 0.29) is 11.8 Å². The molecule has 0 saturated heterocycles. The molecule has 2 aromatic carbocycles. The molecule has 0 aliphatic rings. The molecule has 0 amide bonds. The van der Waals surface area contributed by atoms with Crippen molar-refractivity contribution in [1.29, 1.82) is 0 Å². The first kappa shape index (κ1) is 25.7. The topological polar surface area (TPSA) is 85.7 Å². The predicted octanol–water partition coefficient (Wildman–Crippen LogP) is 6.63. The van der Waals surface area contributed by atoms with E-state index in [1.54, 1.807) is 24.5 Å². The van der Waals surface area contributed by atoms with Crippen LogP contribution in [-0.2, 0) is 16.3 Å². The van der Waals surface area contributed by atoms with Gasteiger partial charge in [0.05, 0.1) is 27.3 Å². The second kappa shape index (κ2) is 10.4. The Morgan fingerprint density at radius 2 is 1.39 bits per heavy atom. The molecule has 192 valence electrons. The van der Waals surface area contributed by atoms with Crippen molar-refractivity contribution in [2.45, 2.75) is 43.9 Å². The fraction of sp³-hybridized carbons (Fsp3) is 0.226. The Morgan fingerprint density at radius 3 is 2.11 bits per heavy atom. The van der Waals surface area contributed by atoms with Crippen molar-refractivity contribution in [2.75, 3.05) is 6.26 Å². The SMILES string of the molecule is CC(C)c1nc(CC(C)c2ncccc2-c2ccc3nccnc3c2)ccc1-c1ccc(S(C)(=O)=O)cc1. The van der Waals surface area contributed by atoms with Gasteiger partial charge in [0.25, 0.3) is 0 Å². The summed E-state index contributed by atoms with van der Waals surface area (Å²) in [4.78, 5) is 19.0. The summed E-state index contributed by atoms with van der Waals surface area (Å²) >= 11 is 0. The van der Waals surface area contributed by atoms with Gasteiger partial charge in [-0.05, 0) is 59.9 Å². The molecule has 7 heteroatoms. The molecule has 0 radical (unpaired) electrons. The molecule has 3 aromatic heterocycles. The van der Waals surface area contributed by atoms with E-state index < -0.39 is 9.84 Å². The zero-order valence-corrected chi connectivity index (χ0v) is 22.8. The second-order valence-electron chi connectivity index (χ2n) is 9.99. The third-order valence-electron chi connectivity index (χ3n) is 6.72. The van der Waals surface area contributed by atoms with Gasteiger partial charge in [0.15, 0.2) is 9.84 Å². The number of sulfone groups is 1. The number of hydrogen-bond donors (Lipinski definition) is 0. The highest BCUT2D eigenvalue weighted by Gasteiger charge is 2.18. The lowest BCUT2D eigenvalue weighted by atomic mass is 9.92. The highest BCUT2D eigenvalue weighted by atomic mass is 32.2. The zero-order valence-electron chi connectivity index (χ0n) is 22.0. The molecule has 3 heterocycles. The molecular formula is C31H30N4O2S. The van der Waals surface area contributed by atoms with E-state index in [1.165, 1.54) is 6.26 Å². The predicted molar refractivity (Wildman–Crippen MR) is 152 cm³/mol. The highest BCUT2D eigenvalue weighted by molar-refractivity contribution is 7.90. The van der Waals surface area contributed by atoms with Gasteiger partial charge in [0.2, 0.25) is 0 Å². The van der Waals surface area contributed by atoms with Gasteiger partial charge in [0.1, 0.15) is 0 Å². The minimum absolute atomic E-state index is 0.135. The van der Waals surface area contributed by atoms with Crippen LogP contribution >= 0.6 is 0 Å². The molecule has 0 aliphatic heterocycles. The molecule has 0 fully saturated rings. The monoisotopic (exact) mass is 522 g/mol. The lowest BCUT2D eigenvalue weighted by Crippen LogP contribution is -2.07. The van der Waals surface area contributed by atoms with Crippen LogP contribution in [0, 0.1) is 0 Å². The Bertz CT molecular complexity index is 1710. The number of fused-ring (bicyclic) bond motifs is 1. The van der Waals surface area contributed by atoms with Crippen molar-refractivity contribution in [3.63, 3.8) is 0 Å². The average Bonchev–Trinajstić information content (AvgIpc) is 2.92. The lowest BCUT2D eigenvalue weighted by Gasteiger charge is -2.18. The summed E-state index contributed by atoms with van der Waals surface area (Å²) in [5.41, 5.74) is 8.86. The lowest BCUT2D eigenvalue weighted by molar-refractivity contribution is 0.602. The third-order valence-corrected chi connectivity index (χ3v) is 7.85. The van der Waals surface area contributed by atoms with E-state index in [2.05, 4.69) is 61.1 Å². The Balaban J connectivity index is 1.45. The summed E-state index contributed by atoms with van der Waals surface area (Å²) in [5.74, 6) is 0.343. The maximum absolute atomic E-state index is 11.9. The maximum Gasteiger partial charge on any atom is 0.175 e. The van der Waals surface area contributed by atoms with Crippen LogP contribution in [0.5, 0.6) is 0 Å². The molecular weight excluding hydrogens is 492 g/mol. The molecule has 0 spiro atoms. The summed E-state index contributed by atoms with van der Waals surface area (Å²) in [5, 5.41) is 0. The van der Waals surface area contributed by atoms with Crippen LogP contribution in [0.2, 0.25) is 0 Å². The van der Waals surface area contributed by atoms with Crippen molar-refractivity contribution in [1.82, 2.24) is 19.9 Å². The average molecular weight is 523 g/mol. The normalized spacial score (nSPS) is 12.7. The van der Waals surface area contributed by atoms with Gasteiger partial charge in [-0.2, -0.15) is 0 Å². The minimum atomic E-state index is -3.24. The van der Waals surface area contributed by atoms with Gasteiger partial charge in [-0.1, -0.05) is 51.1 Å². The van der Waals surface area contributed by atoms with Gasteiger partial charge in [-0.15, -0.1) is 0 Å². The Hall–Kier alpha value is -3.97. The van der Waals surface area contributed by atoms with Crippen LogP contribution in [0.15, 0.2) is 90.2 Å². The fourth-order valence-electron chi connectivity index (χ4n) is 4.79. The zero-order chi connectivity index (χ0) is 26.9. The molecule has 1 atom stereocenters. The van der Waals surface area contributed by atoms with Gasteiger partial charge < -0.3 is 0 Å². The Labute approximate surface area is 223 Å². The number of nitrogens with zero attached hydrogens (tertiary/aromatic N) is 4. The molecule has 5 aromatic rings.